The Morgan fingerprint density at radius 2 is 1.30 bits per heavy atom. The zero-order chi connectivity index (χ0) is 26.6. The lowest BCUT2D eigenvalue weighted by atomic mass is 9.96. The summed E-state index contributed by atoms with van der Waals surface area (Å²) in [6, 6.07) is 7.82. The van der Waals surface area contributed by atoms with Crippen molar-refractivity contribution < 1.29 is 9.13 Å². The van der Waals surface area contributed by atoms with Gasteiger partial charge in [0.25, 0.3) is 0 Å². The molecular weight excluding hydrogens is 459 g/mol. The summed E-state index contributed by atoms with van der Waals surface area (Å²) < 4.78 is 20.1. The van der Waals surface area contributed by atoms with Crippen LogP contribution in [0.1, 0.15) is 129 Å². The topological polar surface area (TPSA) is 35.0 Å². The molecule has 2 aromatic rings. The molecule has 3 nitrogen and oxygen atoms in total. The van der Waals surface area contributed by atoms with Crippen molar-refractivity contribution >= 4 is 0 Å². The van der Waals surface area contributed by atoms with Crippen LogP contribution in [0.4, 0.5) is 4.39 Å². The number of hydrogen-bond acceptors (Lipinski definition) is 3. The number of halogens is 1. The highest BCUT2D eigenvalue weighted by Gasteiger charge is 2.12. The summed E-state index contributed by atoms with van der Waals surface area (Å²) in [5.74, 6) is 1.95. The molecule has 2 atom stereocenters. The zero-order valence-corrected chi connectivity index (χ0v) is 24.0. The molecule has 0 bridgehead atoms. The van der Waals surface area contributed by atoms with Crippen molar-refractivity contribution in [3.63, 3.8) is 0 Å². The van der Waals surface area contributed by atoms with Crippen molar-refractivity contribution in [1.82, 2.24) is 9.97 Å². The molecule has 2 rings (SSSR count). The van der Waals surface area contributed by atoms with Crippen LogP contribution >= 0.6 is 0 Å². The molecule has 1 aromatic heterocycles. The summed E-state index contributed by atoms with van der Waals surface area (Å²) in [6.45, 7) is 7.05. The molecule has 0 aliphatic rings. The molecule has 1 heterocycles. The van der Waals surface area contributed by atoms with Crippen LogP contribution < -0.4 is 4.74 Å². The normalized spacial score (nSPS) is 13.0. The molecule has 0 aliphatic carbocycles. The Bertz CT molecular complexity index is 793. The Hall–Kier alpha value is -1.97. The van der Waals surface area contributed by atoms with E-state index in [9.17, 15) is 4.39 Å². The molecule has 4 heteroatoms. The first-order valence-electron chi connectivity index (χ1n) is 15.3. The molecule has 0 radical (unpaired) electrons. The molecule has 0 saturated carbocycles. The van der Waals surface area contributed by atoms with Crippen molar-refractivity contribution in [2.45, 2.75) is 136 Å². The average Bonchev–Trinajstić information content (AvgIpc) is 2.91. The van der Waals surface area contributed by atoms with E-state index in [1.807, 2.05) is 36.7 Å². The highest BCUT2D eigenvalue weighted by atomic mass is 19.1. The molecule has 208 valence electrons. The van der Waals surface area contributed by atoms with E-state index in [4.69, 9.17) is 4.74 Å². The summed E-state index contributed by atoms with van der Waals surface area (Å²) in [6.07, 6.45) is 23.6. The maximum absolute atomic E-state index is 14.3. The molecule has 0 spiro atoms. The highest BCUT2D eigenvalue weighted by molar-refractivity contribution is 5.55. The maximum Gasteiger partial charge on any atom is 0.159 e. The minimum Gasteiger partial charge on any atom is -0.493 e. The first-order valence-corrected chi connectivity index (χ1v) is 15.3. The van der Waals surface area contributed by atoms with Gasteiger partial charge in [-0.05, 0) is 55.0 Å². The Labute approximate surface area is 227 Å². The first kappa shape index (κ1) is 31.2. The lowest BCUT2D eigenvalue weighted by Crippen LogP contribution is -2.11. The van der Waals surface area contributed by atoms with E-state index in [0.717, 1.165) is 30.0 Å². The van der Waals surface area contributed by atoms with Gasteiger partial charge in [0.1, 0.15) is 11.9 Å². The van der Waals surface area contributed by atoms with Crippen LogP contribution in [0, 0.1) is 5.92 Å². The smallest absolute Gasteiger partial charge is 0.159 e. The van der Waals surface area contributed by atoms with Crippen molar-refractivity contribution in [2.24, 2.45) is 5.92 Å². The number of alkyl halides is 1. The largest absolute Gasteiger partial charge is 0.493 e. The van der Waals surface area contributed by atoms with E-state index in [1.54, 1.807) is 0 Å². The summed E-state index contributed by atoms with van der Waals surface area (Å²) in [4.78, 5) is 9.16. The van der Waals surface area contributed by atoms with Gasteiger partial charge in [-0.2, -0.15) is 0 Å². The fourth-order valence-corrected chi connectivity index (χ4v) is 4.87. The number of aromatic nitrogens is 2. The van der Waals surface area contributed by atoms with E-state index < -0.39 is 6.17 Å². The van der Waals surface area contributed by atoms with E-state index >= 15 is 0 Å². The molecule has 0 fully saturated rings. The van der Waals surface area contributed by atoms with Crippen LogP contribution in [0.15, 0.2) is 36.7 Å². The minimum absolute atomic E-state index is 0.409. The van der Waals surface area contributed by atoms with Crippen LogP contribution in [-0.2, 0) is 6.42 Å². The lowest BCUT2D eigenvalue weighted by molar-refractivity contribution is 0.205. The van der Waals surface area contributed by atoms with E-state index in [0.29, 0.717) is 25.4 Å². The summed E-state index contributed by atoms with van der Waals surface area (Å²) in [7, 11) is 0. The second-order valence-corrected chi connectivity index (χ2v) is 10.9. The van der Waals surface area contributed by atoms with Gasteiger partial charge in [0.15, 0.2) is 5.82 Å². The number of rotatable bonds is 22. The number of hydrogen-bond donors (Lipinski definition) is 0. The second kappa shape index (κ2) is 20.1. The fraction of sp³-hybridized carbons (Fsp3) is 0.697. The summed E-state index contributed by atoms with van der Waals surface area (Å²) >= 11 is 0. The predicted molar refractivity (Wildman–Crippen MR) is 156 cm³/mol. The second-order valence-electron chi connectivity index (χ2n) is 10.9. The molecular formula is C33H53FN2O. The van der Waals surface area contributed by atoms with Crippen LogP contribution in [-0.4, -0.2) is 22.7 Å². The Morgan fingerprint density at radius 3 is 1.92 bits per heavy atom. The average molecular weight is 513 g/mol. The molecule has 2 unspecified atom stereocenters. The van der Waals surface area contributed by atoms with Gasteiger partial charge in [-0.15, -0.1) is 0 Å². The SMILES string of the molecule is CCCCCCCCCCCCc1cnc(-c2ccc(OCCC(F)CC(C)CCCCC)cc2)nc1. The van der Waals surface area contributed by atoms with Crippen molar-refractivity contribution in [3.05, 3.63) is 42.2 Å². The van der Waals surface area contributed by atoms with Crippen molar-refractivity contribution in [1.29, 1.82) is 0 Å². The monoisotopic (exact) mass is 512 g/mol. The number of aryl methyl sites for hydroxylation is 1. The Morgan fingerprint density at radius 1 is 0.730 bits per heavy atom. The van der Waals surface area contributed by atoms with Gasteiger partial charge in [0.2, 0.25) is 0 Å². The summed E-state index contributed by atoms with van der Waals surface area (Å²) in [5.41, 5.74) is 2.19. The number of ether oxygens (including phenoxy) is 1. The minimum atomic E-state index is -0.789. The first-order chi connectivity index (χ1) is 18.1. The molecule has 1 aromatic carbocycles. The Kier molecular flexibility index (Phi) is 16.9. The standard InChI is InChI=1S/C33H53FN2O/c1-4-6-8-9-10-11-12-13-14-16-18-29-26-35-33(36-27-29)30-19-21-32(22-20-30)37-24-23-31(34)25-28(3)17-15-7-5-2/h19-22,26-28,31H,4-18,23-25H2,1-3H3. The van der Waals surface area contributed by atoms with E-state index in [-0.39, 0.29) is 0 Å². The Balaban J connectivity index is 1.60. The van der Waals surface area contributed by atoms with Gasteiger partial charge in [-0.3, -0.25) is 0 Å². The maximum atomic E-state index is 14.3. The van der Waals surface area contributed by atoms with Gasteiger partial charge in [-0.1, -0.05) is 104 Å². The van der Waals surface area contributed by atoms with Crippen molar-refractivity contribution in [3.8, 4) is 17.1 Å². The van der Waals surface area contributed by atoms with Gasteiger partial charge < -0.3 is 4.74 Å². The van der Waals surface area contributed by atoms with Gasteiger partial charge in [-0.25, -0.2) is 14.4 Å². The van der Waals surface area contributed by atoms with E-state index in [1.165, 1.54) is 89.0 Å². The third-order valence-corrected chi connectivity index (χ3v) is 7.30. The number of unbranched alkanes of at least 4 members (excludes halogenated alkanes) is 11. The van der Waals surface area contributed by atoms with Gasteiger partial charge >= 0.3 is 0 Å². The van der Waals surface area contributed by atoms with Gasteiger partial charge in [0, 0.05) is 24.4 Å². The summed E-state index contributed by atoms with van der Waals surface area (Å²) in [5, 5.41) is 0. The van der Waals surface area contributed by atoms with Crippen LogP contribution in [0.2, 0.25) is 0 Å². The number of nitrogens with zero attached hydrogens (tertiary/aromatic N) is 2. The third-order valence-electron chi connectivity index (χ3n) is 7.30. The molecule has 37 heavy (non-hydrogen) atoms. The lowest BCUT2D eigenvalue weighted by Gasteiger charge is -2.15. The zero-order valence-electron chi connectivity index (χ0n) is 24.0. The molecule has 0 aliphatic heterocycles. The molecule has 0 saturated heterocycles. The predicted octanol–water partition coefficient (Wildman–Crippen LogP) is 10.3. The highest BCUT2D eigenvalue weighted by Crippen LogP contribution is 2.22. The van der Waals surface area contributed by atoms with Crippen LogP contribution in [0.3, 0.4) is 0 Å². The third kappa shape index (κ3) is 14.5. The molecule has 0 N–H and O–H groups in total. The number of benzene rings is 1. The van der Waals surface area contributed by atoms with Crippen LogP contribution in [0.25, 0.3) is 11.4 Å². The van der Waals surface area contributed by atoms with Gasteiger partial charge in [0.05, 0.1) is 6.61 Å². The molecule has 0 amide bonds. The van der Waals surface area contributed by atoms with E-state index in [2.05, 4.69) is 30.7 Å². The fourth-order valence-electron chi connectivity index (χ4n) is 4.87. The van der Waals surface area contributed by atoms with Crippen molar-refractivity contribution in [2.75, 3.05) is 6.61 Å². The quantitative estimate of drug-likeness (QED) is 0.147. The van der Waals surface area contributed by atoms with Crippen LogP contribution in [0.5, 0.6) is 5.75 Å².